The summed E-state index contributed by atoms with van der Waals surface area (Å²) in [6.07, 6.45) is 5.57. The van der Waals surface area contributed by atoms with E-state index in [0.29, 0.717) is 18.5 Å². The Morgan fingerprint density at radius 2 is 2.05 bits per heavy atom. The first-order valence-corrected chi connectivity index (χ1v) is 7.82. The van der Waals surface area contributed by atoms with Crippen molar-refractivity contribution in [1.82, 2.24) is 10.6 Å². The number of hydrogen-bond donors (Lipinski definition) is 2. The maximum absolute atomic E-state index is 11.9. The van der Waals surface area contributed by atoms with Crippen LogP contribution in [0.3, 0.4) is 0 Å². The lowest BCUT2D eigenvalue weighted by molar-refractivity contribution is 0.222. The van der Waals surface area contributed by atoms with E-state index in [-0.39, 0.29) is 6.03 Å². The number of carbonyl (C=O) groups excluding carboxylic acids is 1. The van der Waals surface area contributed by atoms with E-state index < -0.39 is 0 Å². The molecule has 1 aromatic rings. The summed E-state index contributed by atoms with van der Waals surface area (Å²) in [6.45, 7) is 2.82. The van der Waals surface area contributed by atoms with E-state index >= 15 is 0 Å². The summed E-state index contributed by atoms with van der Waals surface area (Å²) in [5.74, 6) is 0.582. The topological polar surface area (TPSA) is 41.1 Å². The van der Waals surface area contributed by atoms with Crippen molar-refractivity contribution in [2.24, 2.45) is 5.92 Å². The molecule has 2 rings (SSSR count). The van der Waals surface area contributed by atoms with Crippen LogP contribution in [0, 0.1) is 5.92 Å². The fraction of sp³-hybridized carbons (Fsp3) is 0.562. The van der Waals surface area contributed by atoms with Crippen molar-refractivity contribution < 1.29 is 4.79 Å². The molecule has 0 spiro atoms. The minimum atomic E-state index is -0.0594. The second-order valence-corrected chi connectivity index (χ2v) is 6.02. The molecule has 2 atom stereocenters. The van der Waals surface area contributed by atoms with Gasteiger partial charge < -0.3 is 10.6 Å². The molecule has 0 aromatic heterocycles. The van der Waals surface area contributed by atoms with Gasteiger partial charge >= 0.3 is 6.03 Å². The van der Waals surface area contributed by atoms with Crippen molar-refractivity contribution in [3.05, 3.63) is 34.9 Å². The van der Waals surface area contributed by atoms with E-state index in [1.54, 1.807) is 0 Å². The number of nitrogens with one attached hydrogen (secondary N) is 2. The highest BCUT2D eigenvalue weighted by Crippen LogP contribution is 2.23. The average Bonchev–Trinajstić information content (AvgIpc) is 2.43. The highest BCUT2D eigenvalue weighted by molar-refractivity contribution is 6.31. The van der Waals surface area contributed by atoms with Gasteiger partial charge in [0.25, 0.3) is 0 Å². The fourth-order valence-corrected chi connectivity index (χ4v) is 2.99. The molecule has 1 aromatic carbocycles. The summed E-state index contributed by atoms with van der Waals surface area (Å²) in [5.41, 5.74) is 1.07. The molecule has 0 saturated heterocycles. The maximum Gasteiger partial charge on any atom is 0.315 e. The number of benzene rings is 1. The molecule has 110 valence electrons. The van der Waals surface area contributed by atoms with Gasteiger partial charge in [-0.15, -0.1) is 0 Å². The van der Waals surface area contributed by atoms with Gasteiger partial charge in [-0.05, 0) is 36.8 Å². The van der Waals surface area contributed by atoms with Gasteiger partial charge in [0.05, 0.1) is 0 Å². The van der Waals surface area contributed by atoms with Crippen LogP contribution >= 0.6 is 11.6 Å². The van der Waals surface area contributed by atoms with Crippen molar-refractivity contribution in [2.75, 3.05) is 6.54 Å². The Bertz CT molecular complexity index is 450. The summed E-state index contributed by atoms with van der Waals surface area (Å²) in [6, 6.07) is 8.01. The van der Waals surface area contributed by atoms with Gasteiger partial charge in [0.2, 0.25) is 0 Å². The summed E-state index contributed by atoms with van der Waals surface area (Å²) in [5, 5.41) is 6.76. The van der Waals surface area contributed by atoms with Gasteiger partial charge in [0, 0.05) is 17.6 Å². The van der Waals surface area contributed by atoms with Crippen LogP contribution in [0.25, 0.3) is 0 Å². The summed E-state index contributed by atoms with van der Waals surface area (Å²) in [4.78, 5) is 11.9. The molecular formula is C16H23ClN2O. The molecule has 2 unspecified atom stereocenters. The largest absolute Gasteiger partial charge is 0.338 e. The van der Waals surface area contributed by atoms with Gasteiger partial charge in [-0.1, -0.05) is 49.6 Å². The van der Waals surface area contributed by atoms with Gasteiger partial charge in [-0.3, -0.25) is 0 Å². The molecule has 2 N–H and O–H groups in total. The molecule has 1 saturated carbocycles. The molecule has 20 heavy (non-hydrogen) atoms. The third-order valence-electron chi connectivity index (χ3n) is 4.07. The Morgan fingerprint density at radius 3 is 2.80 bits per heavy atom. The zero-order chi connectivity index (χ0) is 14.4. The number of amides is 2. The summed E-state index contributed by atoms with van der Waals surface area (Å²) < 4.78 is 0. The first kappa shape index (κ1) is 15.2. The summed E-state index contributed by atoms with van der Waals surface area (Å²) in [7, 11) is 0. The van der Waals surface area contributed by atoms with E-state index in [1.807, 2.05) is 24.3 Å². The normalized spacial score (nSPS) is 22.3. The van der Waals surface area contributed by atoms with Crippen LogP contribution in [0.1, 0.15) is 38.2 Å². The molecule has 0 radical (unpaired) electrons. The molecule has 0 heterocycles. The van der Waals surface area contributed by atoms with E-state index in [9.17, 15) is 4.79 Å². The SMILES string of the molecule is CC1CCCCC1NC(=O)NCCc1ccccc1Cl. The highest BCUT2D eigenvalue weighted by atomic mass is 35.5. The molecule has 1 fully saturated rings. The number of carbonyl (C=O) groups is 1. The molecule has 1 aliphatic carbocycles. The predicted molar refractivity (Wildman–Crippen MR) is 83.1 cm³/mol. The Kier molecular flexibility index (Phi) is 5.72. The van der Waals surface area contributed by atoms with Crippen molar-refractivity contribution in [3.63, 3.8) is 0 Å². The van der Waals surface area contributed by atoms with Crippen molar-refractivity contribution in [2.45, 2.75) is 45.1 Å². The van der Waals surface area contributed by atoms with Crippen LogP contribution < -0.4 is 10.6 Å². The minimum Gasteiger partial charge on any atom is -0.338 e. The van der Waals surface area contributed by atoms with Crippen molar-refractivity contribution in [3.8, 4) is 0 Å². The van der Waals surface area contributed by atoms with Crippen LogP contribution in [0.4, 0.5) is 4.79 Å². The lowest BCUT2D eigenvalue weighted by atomic mass is 9.86. The van der Waals surface area contributed by atoms with Gasteiger partial charge in [-0.25, -0.2) is 4.79 Å². The molecule has 1 aliphatic rings. The van der Waals surface area contributed by atoms with Crippen molar-refractivity contribution in [1.29, 1.82) is 0 Å². The number of urea groups is 1. The van der Waals surface area contributed by atoms with E-state index in [1.165, 1.54) is 19.3 Å². The zero-order valence-corrected chi connectivity index (χ0v) is 12.7. The van der Waals surface area contributed by atoms with Gasteiger partial charge in [0.1, 0.15) is 0 Å². The molecule has 0 bridgehead atoms. The highest BCUT2D eigenvalue weighted by Gasteiger charge is 2.22. The van der Waals surface area contributed by atoms with Crippen LogP contribution in [0.15, 0.2) is 24.3 Å². The maximum atomic E-state index is 11.9. The smallest absolute Gasteiger partial charge is 0.315 e. The molecule has 3 nitrogen and oxygen atoms in total. The Morgan fingerprint density at radius 1 is 1.30 bits per heavy atom. The molecular weight excluding hydrogens is 272 g/mol. The van der Waals surface area contributed by atoms with Crippen LogP contribution in [0.5, 0.6) is 0 Å². The Balaban J connectivity index is 1.71. The van der Waals surface area contributed by atoms with Crippen LogP contribution in [0.2, 0.25) is 5.02 Å². The fourth-order valence-electron chi connectivity index (χ4n) is 2.76. The number of hydrogen-bond acceptors (Lipinski definition) is 1. The van der Waals surface area contributed by atoms with E-state index in [2.05, 4.69) is 17.6 Å². The van der Waals surface area contributed by atoms with E-state index in [0.717, 1.165) is 23.4 Å². The van der Waals surface area contributed by atoms with Crippen LogP contribution in [-0.2, 0) is 6.42 Å². The van der Waals surface area contributed by atoms with Gasteiger partial charge in [0.15, 0.2) is 0 Å². The second-order valence-electron chi connectivity index (χ2n) is 5.61. The first-order valence-electron chi connectivity index (χ1n) is 7.44. The van der Waals surface area contributed by atoms with Crippen LogP contribution in [-0.4, -0.2) is 18.6 Å². The first-order chi connectivity index (χ1) is 9.66. The summed E-state index contributed by atoms with van der Waals surface area (Å²) >= 11 is 6.09. The lowest BCUT2D eigenvalue weighted by Gasteiger charge is -2.29. The Labute approximate surface area is 126 Å². The molecule has 4 heteroatoms. The monoisotopic (exact) mass is 294 g/mol. The second kappa shape index (κ2) is 7.53. The number of halogens is 1. The third kappa shape index (κ3) is 4.41. The van der Waals surface area contributed by atoms with Gasteiger partial charge in [-0.2, -0.15) is 0 Å². The molecule has 0 aliphatic heterocycles. The minimum absolute atomic E-state index is 0.0594. The Hall–Kier alpha value is -1.22. The lowest BCUT2D eigenvalue weighted by Crippen LogP contribution is -2.46. The molecule has 2 amide bonds. The number of rotatable bonds is 4. The van der Waals surface area contributed by atoms with Crippen molar-refractivity contribution >= 4 is 17.6 Å². The predicted octanol–water partition coefficient (Wildman–Crippen LogP) is 3.76. The average molecular weight is 295 g/mol. The van der Waals surface area contributed by atoms with E-state index in [4.69, 9.17) is 11.6 Å². The standard InChI is InChI=1S/C16H23ClN2O/c1-12-6-2-5-9-15(12)19-16(20)18-11-10-13-7-3-4-8-14(13)17/h3-4,7-8,12,15H,2,5-6,9-11H2,1H3,(H2,18,19,20). The third-order valence-corrected chi connectivity index (χ3v) is 4.43. The quantitative estimate of drug-likeness (QED) is 0.872. The zero-order valence-electron chi connectivity index (χ0n) is 12.0.